The van der Waals surface area contributed by atoms with Gasteiger partial charge in [-0.1, -0.05) is 42.2 Å². The average Bonchev–Trinajstić information content (AvgIpc) is 2.97. The Labute approximate surface area is 180 Å². The van der Waals surface area contributed by atoms with Crippen molar-refractivity contribution in [1.82, 2.24) is 4.90 Å². The molecule has 0 spiro atoms. The number of benzene rings is 2. The number of carboxylic acids is 1. The number of hydrogen-bond donors (Lipinski definition) is 3. The van der Waals surface area contributed by atoms with E-state index in [1.165, 1.54) is 37.3 Å². The van der Waals surface area contributed by atoms with Crippen molar-refractivity contribution in [1.29, 1.82) is 0 Å². The number of anilines is 1. The number of nitrogens with zero attached hydrogens (tertiary/aromatic N) is 1. The summed E-state index contributed by atoms with van der Waals surface area (Å²) in [5.41, 5.74) is -0.0197. The van der Waals surface area contributed by atoms with Crippen molar-refractivity contribution in [2.45, 2.75) is 13.0 Å². The maximum atomic E-state index is 13.9. The van der Waals surface area contributed by atoms with Gasteiger partial charge < -0.3 is 15.5 Å². The molecule has 1 aliphatic heterocycles. The van der Waals surface area contributed by atoms with E-state index < -0.39 is 35.4 Å². The number of rotatable bonds is 5. The summed E-state index contributed by atoms with van der Waals surface area (Å²) in [5.74, 6) is -3.43. The molecular weight excluding hydrogens is 431 g/mol. The predicted molar refractivity (Wildman–Crippen MR) is 115 cm³/mol. The minimum atomic E-state index is -1.35. The number of carbonyl (C=O) groups excluding carboxylic acids is 2. The van der Waals surface area contributed by atoms with Crippen LogP contribution in [-0.4, -0.2) is 43.3 Å². The van der Waals surface area contributed by atoms with E-state index in [0.717, 1.165) is 28.8 Å². The summed E-state index contributed by atoms with van der Waals surface area (Å²) in [6.07, 6.45) is 1.37. The molecule has 2 aromatic rings. The Hall–Kier alpha value is -3.24. The van der Waals surface area contributed by atoms with Gasteiger partial charge in [0.05, 0.1) is 4.91 Å². The SMILES string of the molecule is C[C@@H](C(=O)Nc1ccc(O)c(C(=O)O)c1)N1C(=O)/C(=C\c2ccccc2F)SC1=S. The van der Waals surface area contributed by atoms with Crippen LogP contribution < -0.4 is 5.32 Å². The van der Waals surface area contributed by atoms with Crippen LogP contribution in [0.1, 0.15) is 22.8 Å². The maximum Gasteiger partial charge on any atom is 0.339 e. The van der Waals surface area contributed by atoms with Crippen LogP contribution in [0.3, 0.4) is 0 Å². The Bertz CT molecular complexity index is 1100. The summed E-state index contributed by atoms with van der Waals surface area (Å²) >= 11 is 6.18. The van der Waals surface area contributed by atoms with Gasteiger partial charge in [0.25, 0.3) is 5.91 Å². The van der Waals surface area contributed by atoms with Crippen LogP contribution >= 0.6 is 24.0 Å². The number of thioether (sulfide) groups is 1. The van der Waals surface area contributed by atoms with Gasteiger partial charge in [0.2, 0.25) is 5.91 Å². The molecular formula is C20H15FN2O5S2. The first kappa shape index (κ1) is 21.5. The van der Waals surface area contributed by atoms with E-state index in [1.54, 1.807) is 6.07 Å². The second kappa shape index (κ2) is 8.64. The Morgan fingerprint density at radius 2 is 1.97 bits per heavy atom. The van der Waals surface area contributed by atoms with Crippen LogP contribution in [0, 0.1) is 5.82 Å². The van der Waals surface area contributed by atoms with E-state index in [4.69, 9.17) is 17.3 Å². The van der Waals surface area contributed by atoms with Gasteiger partial charge in [0.1, 0.15) is 27.5 Å². The van der Waals surface area contributed by atoms with Gasteiger partial charge in [-0.2, -0.15) is 0 Å². The normalized spacial score (nSPS) is 16.1. The molecule has 0 aromatic heterocycles. The van der Waals surface area contributed by atoms with Gasteiger partial charge in [-0.15, -0.1) is 0 Å². The summed E-state index contributed by atoms with van der Waals surface area (Å²) in [5, 5.41) is 21.1. The zero-order valence-electron chi connectivity index (χ0n) is 15.5. The minimum absolute atomic E-state index is 0.134. The van der Waals surface area contributed by atoms with E-state index in [9.17, 15) is 23.9 Å². The third kappa shape index (κ3) is 4.34. The van der Waals surface area contributed by atoms with Crippen LogP contribution in [0.25, 0.3) is 6.08 Å². The number of nitrogens with one attached hydrogen (secondary N) is 1. The van der Waals surface area contributed by atoms with Crippen molar-refractivity contribution in [3.63, 3.8) is 0 Å². The molecule has 0 radical (unpaired) electrons. The molecule has 0 unspecified atom stereocenters. The largest absolute Gasteiger partial charge is 0.507 e. The lowest BCUT2D eigenvalue weighted by atomic mass is 10.1. The predicted octanol–water partition coefficient (Wildman–Crippen LogP) is 3.46. The topological polar surface area (TPSA) is 107 Å². The van der Waals surface area contributed by atoms with Gasteiger partial charge in [0.15, 0.2) is 0 Å². The molecule has 1 fully saturated rings. The highest BCUT2D eigenvalue weighted by atomic mass is 32.2. The van der Waals surface area contributed by atoms with Gasteiger partial charge >= 0.3 is 5.97 Å². The van der Waals surface area contributed by atoms with E-state index in [-0.39, 0.29) is 26.0 Å². The second-order valence-corrected chi connectivity index (χ2v) is 7.95. The molecule has 0 aliphatic carbocycles. The molecule has 0 bridgehead atoms. The lowest BCUT2D eigenvalue weighted by molar-refractivity contribution is -0.129. The number of carboxylic acid groups (broad SMARTS) is 1. The summed E-state index contributed by atoms with van der Waals surface area (Å²) in [6.45, 7) is 1.46. The van der Waals surface area contributed by atoms with Crippen LogP contribution in [0.4, 0.5) is 10.1 Å². The van der Waals surface area contributed by atoms with Gasteiger partial charge in [-0.3, -0.25) is 14.5 Å². The number of carbonyl (C=O) groups is 3. The minimum Gasteiger partial charge on any atom is -0.507 e. The zero-order chi connectivity index (χ0) is 22.0. The zero-order valence-corrected chi connectivity index (χ0v) is 17.1. The number of thiocarbonyl (C=S) groups is 1. The Morgan fingerprint density at radius 3 is 2.63 bits per heavy atom. The average molecular weight is 446 g/mol. The summed E-state index contributed by atoms with van der Waals surface area (Å²) < 4.78 is 14.0. The highest BCUT2D eigenvalue weighted by Gasteiger charge is 2.38. The lowest BCUT2D eigenvalue weighted by Crippen LogP contribution is -2.44. The van der Waals surface area contributed by atoms with Crippen LogP contribution in [0.15, 0.2) is 47.4 Å². The van der Waals surface area contributed by atoms with Crippen LogP contribution in [0.5, 0.6) is 5.75 Å². The fourth-order valence-electron chi connectivity index (χ4n) is 2.70. The lowest BCUT2D eigenvalue weighted by Gasteiger charge is -2.22. The van der Waals surface area contributed by atoms with Crippen molar-refractivity contribution < 1.29 is 29.0 Å². The van der Waals surface area contributed by atoms with E-state index in [1.807, 2.05) is 0 Å². The molecule has 3 rings (SSSR count). The monoisotopic (exact) mass is 446 g/mol. The molecule has 154 valence electrons. The highest BCUT2D eigenvalue weighted by Crippen LogP contribution is 2.34. The van der Waals surface area contributed by atoms with E-state index >= 15 is 0 Å². The molecule has 30 heavy (non-hydrogen) atoms. The number of aromatic carboxylic acids is 1. The number of halogens is 1. The van der Waals surface area contributed by atoms with Gasteiger partial charge in [-0.25, -0.2) is 9.18 Å². The summed E-state index contributed by atoms with van der Waals surface area (Å²) in [7, 11) is 0. The number of phenols is 1. The maximum absolute atomic E-state index is 13.9. The number of amides is 2. The summed E-state index contributed by atoms with van der Waals surface area (Å²) in [4.78, 5) is 37.8. The standard InChI is InChI=1S/C20H15FN2O5S2/c1-10(17(25)22-12-6-7-15(24)13(9-12)19(27)28)23-18(26)16(30-20(23)29)8-11-4-2-3-5-14(11)21/h2-10,24H,1H3,(H,22,25)(H,27,28)/b16-8+/t10-/m0/s1. The first-order valence-corrected chi connectivity index (χ1v) is 9.80. The third-order valence-electron chi connectivity index (χ3n) is 4.28. The molecule has 1 atom stereocenters. The molecule has 1 heterocycles. The smallest absolute Gasteiger partial charge is 0.339 e. The molecule has 0 saturated carbocycles. The fraction of sp³-hybridized carbons (Fsp3) is 0.100. The quantitative estimate of drug-likeness (QED) is 0.367. The van der Waals surface area contributed by atoms with Gasteiger partial charge in [0, 0.05) is 11.3 Å². The summed E-state index contributed by atoms with van der Waals surface area (Å²) in [6, 6.07) is 8.51. The molecule has 7 nitrogen and oxygen atoms in total. The fourth-order valence-corrected chi connectivity index (χ4v) is 4.11. The van der Waals surface area contributed by atoms with E-state index in [2.05, 4.69) is 5.32 Å². The molecule has 2 amide bonds. The molecule has 1 aliphatic rings. The van der Waals surface area contributed by atoms with Crippen LogP contribution in [-0.2, 0) is 9.59 Å². The number of hydrogen-bond acceptors (Lipinski definition) is 6. The van der Waals surface area contributed by atoms with E-state index in [0.29, 0.717) is 0 Å². The molecule has 3 N–H and O–H groups in total. The Kier molecular flexibility index (Phi) is 6.18. The Morgan fingerprint density at radius 1 is 1.27 bits per heavy atom. The van der Waals surface area contributed by atoms with Crippen molar-refractivity contribution in [3.05, 3.63) is 64.3 Å². The third-order valence-corrected chi connectivity index (χ3v) is 5.61. The van der Waals surface area contributed by atoms with Crippen molar-refractivity contribution >= 4 is 57.8 Å². The first-order chi connectivity index (χ1) is 14.2. The molecule has 2 aromatic carbocycles. The second-order valence-electron chi connectivity index (χ2n) is 6.28. The van der Waals surface area contributed by atoms with Crippen molar-refractivity contribution in [2.75, 3.05) is 5.32 Å². The van der Waals surface area contributed by atoms with Gasteiger partial charge in [-0.05, 0) is 37.3 Å². The van der Waals surface area contributed by atoms with Crippen molar-refractivity contribution in [2.24, 2.45) is 0 Å². The Balaban J connectivity index is 1.79. The first-order valence-electron chi connectivity index (χ1n) is 8.58. The van der Waals surface area contributed by atoms with Crippen molar-refractivity contribution in [3.8, 4) is 5.75 Å². The number of aromatic hydroxyl groups is 1. The van der Waals surface area contributed by atoms with Crippen LogP contribution in [0.2, 0.25) is 0 Å². The molecule has 10 heteroatoms. The highest BCUT2D eigenvalue weighted by molar-refractivity contribution is 8.26. The molecule has 1 saturated heterocycles.